The third kappa shape index (κ3) is 13.2. The first-order chi connectivity index (χ1) is 8.66. The number of carboxylic acids is 1. The molecule has 0 aromatic rings. The van der Waals surface area contributed by atoms with Gasteiger partial charge in [0.2, 0.25) is 0 Å². The molecule has 106 valence electrons. The maximum absolute atomic E-state index is 10.3. The van der Waals surface area contributed by atoms with Crippen LogP contribution in [-0.2, 0) is 9.53 Å². The smallest absolute Gasteiger partial charge is 0.303 e. The van der Waals surface area contributed by atoms with Crippen molar-refractivity contribution < 1.29 is 14.6 Å². The molecule has 18 heavy (non-hydrogen) atoms. The molecular formula is C13H25NO3S. The fourth-order valence-electron chi connectivity index (χ4n) is 1.72. The zero-order valence-corrected chi connectivity index (χ0v) is 12.1. The van der Waals surface area contributed by atoms with Crippen molar-refractivity contribution in [3.05, 3.63) is 0 Å². The summed E-state index contributed by atoms with van der Waals surface area (Å²) in [4.78, 5) is 10.3. The number of nitrogens with one attached hydrogen (secondary N) is 1. The molecule has 0 aliphatic rings. The Hall–Kier alpha value is -0.840. The average Bonchev–Trinajstić information content (AvgIpc) is 2.35. The minimum absolute atomic E-state index is 0.311. The zero-order valence-electron chi connectivity index (χ0n) is 11.2. The predicted molar refractivity (Wildman–Crippen MR) is 76.8 cm³/mol. The lowest BCUT2D eigenvalue weighted by molar-refractivity contribution is -0.137. The number of methoxy groups -OCH3 is 1. The first-order valence-corrected chi connectivity index (χ1v) is 7.11. The fourth-order valence-corrected chi connectivity index (χ4v) is 1.83. The number of ether oxygens (including phenoxy) is 1. The number of unbranched alkanes of at least 4 members (excludes halogenated alkanes) is 7. The highest BCUT2D eigenvalue weighted by molar-refractivity contribution is 7.80. The second kappa shape index (κ2) is 12.6. The van der Waals surface area contributed by atoms with Crippen molar-refractivity contribution in [2.45, 2.75) is 57.8 Å². The fraction of sp³-hybridized carbons (Fsp3) is 0.846. The van der Waals surface area contributed by atoms with Crippen LogP contribution in [0.25, 0.3) is 0 Å². The van der Waals surface area contributed by atoms with E-state index in [0.29, 0.717) is 11.6 Å². The standard InChI is InChI=1S/C13H25NO3S/c1-17-13(18)14-11-9-7-5-3-2-4-6-8-10-12(15)16/h2-11H2,1H3,(H,14,18)(H,15,16). The van der Waals surface area contributed by atoms with Crippen molar-refractivity contribution in [2.75, 3.05) is 13.7 Å². The summed E-state index contributed by atoms with van der Waals surface area (Å²) in [6, 6.07) is 0. The molecule has 0 aromatic carbocycles. The average molecular weight is 275 g/mol. The summed E-state index contributed by atoms with van der Waals surface area (Å²) in [6.45, 7) is 0.880. The second-order valence-electron chi connectivity index (χ2n) is 4.39. The normalized spacial score (nSPS) is 10.1. The Balaban J connectivity index is 3.03. The van der Waals surface area contributed by atoms with Gasteiger partial charge in [0, 0.05) is 13.0 Å². The van der Waals surface area contributed by atoms with Gasteiger partial charge >= 0.3 is 5.97 Å². The number of thiocarbonyl (C=S) groups is 1. The van der Waals surface area contributed by atoms with Crippen LogP contribution in [0.3, 0.4) is 0 Å². The van der Waals surface area contributed by atoms with Crippen molar-refractivity contribution in [1.82, 2.24) is 5.32 Å². The van der Waals surface area contributed by atoms with Crippen LogP contribution in [0, 0.1) is 0 Å². The van der Waals surface area contributed by atoms with Gasteiger partial charge in [0.1, 0.15) is 0 Å². The van der Waals surface area contributed by atoms with Gasteiger partial charge < -0.3 is 15.2 Å². The molecule has 0 aromatic heterocycles. The maximum atomic E-state index is 10.3. The van der Waals surface area contributed by atoms with Crippen molar-refractivity contribution in [3.63, 3.8) is 0 Å². The van der Waals surface area contributed by atoms with Crippen LogP contribution in [0.2, 0.25) is 0 Å². The third-order valence-corrected chi connectivity index (χ3v) is 3.08. The molecule has 5 heteroatoms. The zero-order chi connectivity index (χ0) is 13.6. The van der Waals surface area contributed by atoms with E-state index < -0.39 is 5.97 Å². The van der Waals surface area contributed by atoms with E-state index in [0.717, 1.165) is 32.2 Å². The predicted octanol–water partition coefficient (Wildman–Crippen LogP) is 3.10. The van der Waals surface area contributed by atoms with E-state index in [-0.39, 0.29) is 0 Å². The van der Waals surface area contributed by atoms with E-state index in [4.69, 9.17) is 22.1 Å². The van der Waals surface area contributed by atoms with Crippen molar-refractivity contribution in [1.29, 1.82) is 0 Å². The van der Waals surface area contributed by atoms with Crippen LogP contribution < -0.4 is 5.32 Å². The SMILES string of the molecule is COC(=S)NCCCCCCCCCCC(=O)O. The Bertz CT molecular complexity index is 234. The van der Waals surface area contributed by atoms with E-state index in [1.165, 1.54) is 25.7 Å². The van der Waals surface area contributed by atoms with Crippen molar-refractivity contribution in [3.8, 4) is 0 Å². The molecule has 0 spiro atoms. The molecule has 0 fully saturated rings. The molecule has 0 bridgehead atoms. The largest absolute Gasteiger partial charge is 0.481 e. The lowest BCUT2D eigenvalue weighted by Gasteiger charge is -2.05. The van der Waals surface area contributed by atoms with Crippen LogP contribution in [-0.4, -0.2) is 29.9 Å². The number of hydrogen-bond donors (Lipinski definition) is 2. The van der Waals surface area contributed by atoms with Crippen LogP contribution in [0.4, 0.5) is 0 Å². The number of rotatable bonds is 11. The maximum Gasteiger partial charge on any atom is 0.303 e. The van der Waals surface area contributed by atoms with E-state index in [9.17, 15) is 4.79 Å². The van der Waals surface area contributed by atoms with Gasteiger partial charge in [-0.3, -0.25) is 4.79 Å². The Kier molecular flexibility index (Phi) is 12.0. The van der Waals surface area contributed by atoms with Gasteiger partial charge in [-0.1, -0.05) is 38.5 Å². The number of carbonyl (C=O) groups is 1. The summed E-state index contributed by atoms with van der Waals surface area (Å²) in [5.74, 6) is -0.684. The van der Waals surface area contributed by atoms with Crippen LogP contribution in [0.1, 0.15) is 57.8 Å². The lowest BCUT2D eigenvalue weighted by Crippen LogP contribution is -2.23. The quantitative estimate of drug-likeness (QED) is 0.448. The van der Waals surface area contributed by atoms with Gasteiger partial charge in [-0.15, -0.1) is 0 Å². The number of carboxylic acid groups (broad SMARTS) is 1. The first kappa shape index (κ1) is 17.2. The summed E-state index contributed by atoms with van der Waals surface area (Å²) >= 11 is 4.86. The molecule has 2 N–H and O–H groups in total. The van der Waals surface area contributed by atoms with E-state index >= 15 is 0 Å². The highest BCUT2D eigenvalue weighted by atomic mass is 32.1. The Morgan fingerprint density at radius 1 is 1.06 bits per heavy atom. The molecule has 0 aliphatic carbocycles. The molecule has 0 saturated heterocycles. The van der Waals surface area contributed by atoms with E-state index in [1.807, 2.05) is 0 Å². The first-order valence-electron chi connectivity index (χ1n) is 6.70. The minimum atomic E-state index is -0.684. The van der Waals surface area contributed by atoms with Gasteiger partial charge in [0.05, 0.1) is 7.11 Å². The summed E-state index contributed by atoms with van der Waals surface area (Å²) in [7, 11) is 1.57. The van der Waals surface area contributed by atoms with Gasteiger partial charge in [-0.2, -0.15) is 0 Å². The molecule has 0 saturated carbocycles. The highest BCUT2D eigenvalue weighted by Gasteiger charge is 1.97. The number of hydrogen-bond acceptors (Lipinski definition) is 3. The molecule has 4 nitrogen and oxygen atoms in total. The second-order valence-corrected chi connectivity index (χ2v) is 4.76. The van der Waals surface area contributed by atoms with Crippen LogP contribution in [0.15, 0.2) is 0 Å². The number of aliphatic carboxylic acids is 1. The monoisotopic (exact) mass is 275 g/mol. The molecule has 0 radical (unpaired) electrons. The van der Waals surface area contributed by atoms with Crippen molar-refractivity contribution in [2.24, 2.45) is 0 Å². The molecule has 0 atom stereocenters. The molecule has 0 amide bonds. The molecule has 0 aliphatic heterocycles. The minimum Gasteiger partial charge on any atom is -0.481 e. The molecule has 0 heterocycles. The van der Waals surface area contributed by atoms with Gasteiger partial charge in [0.25, 0.3) is 5.17 Å². The van der Waals surface area contributed by atoms with E-state index in [1.54, 1.807) is 7.11 Å². The van der Waals surface area contributed by atoms with Gasteiger partial charge in [-0.25, -0.2) is 0 Å². The third-order valence-electron chi connectivity index (χ3n) is 2.77. The molecular weight excluding hydrogens is 250 g/mol. The topological polar surface area (TPSA) is 58.6 Å². The van der Waals surface area contributed by atoms with Crippen molar-refractivity contribution >= 4 is 23.4 Å². The van der Waals surface area contributed by atoms with Gasteiger partial charge in [0.15, 0.2) is 0 Å². The Labute approximate surface area is 115 Å². The highest BCUT2D eigenvalue weighted by Crippen LogP contribution is 2.09. The summed E-state index contributed by atoms with van der Waals surface area (Å²) in [6.07, 6.45) is 9.32. The van der Waals surface area contributed by atoms with E-state index in [2.05, 4.69) is 5.32 Å². The van der Waals surface area contributed by atoms with Gasteiger partial charge in [-0.05, 0) is 25.1 Å². The summed E-state index contributed by atoms with van der Waals surface area (Å²) in [5.41, 5.74) is 0. The lowest BCUT2D eigenvalue weighted by atomic mass is 10.1. The molecule has 0 rings (SSSR count). The summed E-state index contributed by atoms with van der Waals surface area (Å²) in [5, 5.41) is 12.0. The Morgan fingerprint density at radius 3 is 2.06 bits per heavy atom. The summed E-state index contributed by atoms with van der Waals surface area (Å²) < 4.78 is 4.83. The van der Waals surface area contributed by atoms with Crippen LogP contribution >= 0.6 is 12.2 Å². The Morgan fingerprint density at radius 2 is 1.56 bits per heavy atom. The molecule has 0 unspecified atom stereocenters. The van der Waals surface area contributed by atoms with Crippen LogP contribution in [0.5, 0.6) is 0 Å².